The van der Waals surface area contributed by atoms with Crippen LogP contribution in [0.1, 0.15) is 24.8 Å². The molecule has 4 heteroatoms. The molecule has 20 heavy (non-hydrogen) atoms. The molecule has 1 aromatic heterocycles. The Morgan fingerprint density at radius 3 is 2.85 bits per heavy atom. The number of hydrogen-bond donors (Lipinski definition) is 1. The van der Waals surface area contributed by atoms with Crippen molar-refractivity contribution in [2.24, 2.45) is 0 Å². The topological polar surface area (TPSA) is 47.0 Å². The van der Waals surface area contributed by atoms with Crippen LogP contribution in [-0.4, -0.2) is 22.1 Å². The summed E-state index contributed by atoms with van der Waals surface area (Å²) in [7, 11) is 0. The van der Waals surface area contributed by atoms with Crippen LogP contribution in [0.5, 0.6) is 0 Å². The molecule has 0 bridgehead atoms. The van der Waals surface area contributed by atoms with Gasteiger partial charge in [0, 0.05) is 6.20 Å². The molecule has 0 spiro atoms. The predicted molar refractivity (Wildman–Crippen MR) is 78.3 cm³/mol. The molecule has 0 saturated heterocycles. The molecule has 2 aromatic rings. The number of rotatable bonds is 5. The highest BCUT2D eigenvalue weighted by atomic mass is 16.5. The zero-order chi connectivity index (χ0) is 13.6. The Balaban J connectivity index is 1.56. The smallest absolute Gasteiger partial charge is 0.129 e. The van der Waals surface area contributed by atoms with Crippen molar-refractivity contribution in [3.8, 4) is 0 Å². The summed E-state index contributed by atoms with van der Waals surface area (Å²) in [5, 5.41) is 3.45. The van der Waals surface area contributed by atoms with E-state index in [0.717, 1.165) is 18.7 Å². The van der Waals surface area contributed by atoms with Crippen molar-refractivity contribution in [1.29, 1.82) is 0 Å². The number of nitrogens with one attached hydrogen (secondary N) is 1. The fraction of sp³-hybridized carbons (Fsp3) is 0.375. The monoisotopic (exact) mass is 269 g/mol. The van der Waals surface area contributed by atoms with Crippen molar-refractivity contribution in [2.45, 2.75) is 38.0 Å². The average Bonchev–Trinajstić information content (AvgIpc) is 2.94. The number of hydrogen-bond acceptors (Lipinski definition) is 4. The fourth-order valence-corrected chi connectivity index (χ4v) is 2.63. The van der Waals surface area contributed by atoms with Gasteiger partial charge in [0.15, 0.2) is 0 Å². The summed E-state index contributed by atoms with van der Waals surface area (Å²) in [4.78, 5) is 8.15. The van der Waals surface area contributed by atoms with E-state index in [1.165, 1.54) is 12.0 Å². The third-order valence-corrected chi connectivity index (χ3v) is 3.67. The standard InChI is InChI=1S/C16H19N3O/c1-2-5-13(6-3-1)11-20-15-8-4-7-14(15)19-16-9-10-17-12-18-16/h1-3,5-6,9-10,12,14-15H,4,7-8,11H2,(H,17,18,19)/t14-,15-/m0/s1. The van der Waals surface area contributed by atoms with Gasteiger partial charge >= 0.3 is 0 Å². The van der Waals surface area contributed by atoms with E-state index in [2.05, 4.69) is 27.4 Å². The van der Waals surface area contributed by atoms with Gasteiger partial charge in [0.1, 0.15) is 12.1 Å². The molecule has 0 unspecified atom stereocenters. The van der Waals surface area contributed by atoms with E-state index in [-0.39, 0.29) is 6.10 Å². The second-order valence-electron chi connectivity index (χ2n) is 5.11. The molecular weight excluding hydrogens is 250 g/mol. The van der Waals surface area contributed by atoms with Gasteiger partial charge in [-0.3, -0.25) is 0 Å². The first kappa shape index (κ1) is 13.1. The maximum absolute atomic E-state index is 6.07. The first-order valence-electron chi connectivity index (χ1n) is 7.10. The van der Waals surface area contributed by atoms with Gasteiger partial charge in [-0.25, -0.2) is 9.97 Å². The van der Waals surface area contributed by atoms with Crippen molar-refractivity contribution in [3.63, 3.8) is 0 Å². The van der Waals surface area contributed by atoms with Crippen LogP contribution in [-0.2, 0) is 11.3 Å². The summed E-state index contributed by atoms with van der Waals surface area (Å²) in [6.45, 7) is 0.674. The molecule has 1 aliphatic rings. The first-order chi connectivity index (χ1) is 9.92. The molecule has 0 amide bonds. The van der Waals surface area contributed by atoms with E-state index >= 15 is 0 Å². The Labute approximate surface area is 119 Å². The van der Waals surface area contributed by atoms with Crippen LogP contribution in [0.2, 0.25) is 0 Å². The van der Waals surface area contributed by atoms with Crippen LogP contribution in [0.25, 0.3) is 0 Å². The van der Waals surface area contributed by atoms with E-state index in [0.29, 0.717) is 12.6 Å². The Morgan fingerprint density at radius 1 is 1.15 bits per heavy atom. The van der Waals surface area contributed by atoms with Crippen molar-refractivity contribution in [2.75, 3.05) is 5.32 Å². The molecule has 1 fully saturated rings. The van der Waals surface area contributed by atoms with Crippen molar-refractivity contribution >= 4 is 5.82 Å². The van der Waals surface area contributed by atoms with E-state index < -0.39 is 0 Å². The second-order valence-corrected chi connectivity index (χ2v) is 5.11. The average molecular weight is 269 g/mol. The van der Waals surface area contributed by atoms with Gasteiger partial charge in [0.05, 0.1) is 18.8 Å². The highest BCUT2D eigenvalue weighted by molar-refractivity contribution is 5.33. The highest BCUT2D eigenvalue weighted by Gasteiger charge is 2.28. The van der Waals surface area contributed by atoms with Crippen molar-refractivity contribution in [1.82, 2.24) is 9.97 Å². The minimum Gasteiger partial charge on any atom is -0.371 e. The van der Waals surface area contributed by atoms with Crippen LogP contribution in [0.15, 0.2) is 48.9 Å². The minimum atomic E-state index is 0.255. The van der Waals surface area contributed by atoms with Crippen LogP contribution < -0.4 is 5.32 Å². The molecule has 1 N–H and O–H groups in total. The summed E-state index contributed by atoms with van der Waals surface area (Å²) in [5.74, 6) is 0.875. The largest absolute Gasteiger partial charge is 0.371 e. The fourth-order valence-electron chi connectivity index (χ4n) is 2.63. The number of anilines is 1. The normalized spacial score (nSPS) is 21.8. The van der Waals surface area contributed by atoms with Gasteiger partial charge < -0.3 is 10.1 Å². The Morgan fingerprint density at radius 2 is 2.05 bits per heavy atom. The second kappa shape index (κ2) is 6.48. The van der Waals surface area contributed by atoms with Gasteiger partial charge in [-0.15, -0.1) is 0 Å². The quantitative estimate of drug-likeness (QED) is 0.906. The molecule has 1 aromatic carbocycles. The third-order valence-electron chi connectivity index (χ3n) is 3.67. The summed E-state index contributed by atoms with van der Waals surface area (Å²) in [5.41, 5.74) is 1.22. The number of benzene rings is 1. The molecule has 1 saturated carbocycles. The zero-order valence-electron chi connectivity index (χ0n) is 11.4. The SMILES string of the molecule is c1ccc(CO[C@H]2CCC[C@@H]2Nc2ccncn2)cc1. The van der Waals surface area contributed by atoms with Crippen molar-refractivity contribution in [3.05, 3.63) is 54.5 Å². The summed E-state index contributed by atoms with van der Waals surface area (Å²) in [6.07, 6.45) is 7.01. The molecule has 2 atom stereocenters. The minimum absolute atomic E-state index is 0.255. The number of ether oxygens (including phenoxy) is 1. The zero-order valence-corrected chi connectivity index (χ0v) is 11.4. The van der Waals surface area contributed by atoms with E-state index in [1.807, 2.05) is 24.3 Å². The van der Waals surface area contributed by atoms with Gasteiger partial charge in [-0.05, 0) is 30.9 Å². The summed E-state index contributed by atoms with van der Waals surface area (Å²) >= 11 is 0. The van der Waals surface area contributed by atoms with Crippen LogP contribution in [0, 0.1) is 0 Å². The van der Waals surface area contributed by atoms with Crippen LogP contribution >= 0.6 is 0 Å². The van der Waals surface area contributed by atoms with Crippen molar-refractivity contribution < 1.29 is 4.74 Å². The Hall–Kier alpha value is -1.94. The molecule has 104 valence electrons. The lowest BCUT2D eigenvalue weighted by Crippen LogP contribution is -2.30. The summed E-state index contributed by atoms with van der Waals surface area (Å²) < 4.78 is 6.07. The van der Waals surface area contributed by atoms with Crippen LogP contribution in [0.4, 0.5) is 5.82 Å². The van der Waals surface area contributed by atoms with Gasteiger partial charge in [-0.2, -0.15) is 0 Å². The molecule has 3 rings (SSSR count). The number of aromatic nitrogens is 2. The summed E-state index contributed by atoms with van der Waals surface area (Å²) in [6, 6.07) is 12.6. The third kappa shape index (κ3) is 3.33. The molecule has 4 nitrogen and oxygen atoms in total. The van der Waals surface area contributed by atoms with Crippen LogP contribution in [0.3, 0.4) is 0 Å². The maximum Gasteiger partial charge on any atom is 0.129 e. The lowest BCUT2D eigenvalue weighted by molar-refractivity contribution is 0.0394. The highest BCUT2D eigenvalue weighted by Crippen LogP contribution is 2.25. The predicted octanol–water partition coefficient (Wildman–Crippen LogP) is 3.03. The molecule has 0 radical (unpaired) electrons. The molecular formula is C16H19N3O. The lowest BCUT2D eigenvalue weighted by atomic mass is 10.2. The van der Waals surface area contributed by atoms with Gasteiger partial charge in [-0.1, -0.05) is 30.3 Å². The Bertz CT molecular complexity index is 518. The van der Waals surface area contributed by atoms with Gasteiger partial charge in [0.2, 0.25) is 0 Å². The molecule has 0 aliphatic heterocycles. The lowest BCUT2D eigenvalue weighted by Gasteiger charge is -2.22. The van der Waals surface area contributed by atoms with Gasteiger partial charge in [0.25, 0.3) is 0 Å². The molecule has 1 aliphatic carbocycles. The van der Waals surface area contributed by atoms with E-state index in [1.54, 1.807) is 12.5 Å². The molecule has 1 heterocycles. The first-order valence-corrected chi connectivity index (χ1v) is 7.10. The Kier molecular flexibility index (Phi) is 4.23. The van der Waals surface area contributed by atoms with E-state index in [9.17, 15) is 0 Å². The number of nitrogens with zero attached hydrogens (tertiary/aromatic N) is 2. The van der Waals surface area contributed by atoms with E-state index in [4.69, 9.17) is 4.74 Å². The maximum atomic E-state index is 6.07.